The minimum Gasteiger partial charge on any atom is -0.573 e. The first-order valence-electron chi connectivity index (χ1n) is 9.93. The maximum Gasteiger partial charge on any atom is 0.431 e. The van der Waals surface area contributed by atoms with E-state index in [1.54, 1.807) is 24.4 Å². The Labute approximate surface area is 205 Å². The molecule has 0 saturated heterocycles. The zero-order chi connectivity index (χ0) is 23.0. The normalized spacial score (nSPS) is 11.3. The third kappa shape index (κ3) is 4.42. The van der Waals surface area contributed by atoms with Crippen molar-refractivity contribution in [2.75, 3.05) is 0 Å². The summed E-state index contributed by atoms with van der Waals surface area (Å²) in [7, 11) is 0. The molecule has 0 unspecified atom stereocenters. The number of hydrogen-bond acceptors (Lipinski definition) is 4. The zero-order valence-corrected chi connectivity index (χ0v) is 20.0. The summed E-state index contributed by atoms with van der Waals surface area (Å²) in [6.45, 7) is 2.00. The summed E-state index contributed by atoms with van der Waals surface area (Å²) < 4.78 is 38.7. The van der Waals surface area contributed by atoms with Gasteiger partial charge in [-0.2, -0.15) is 13.2 Å². The monoisotopic (exact) mass is 637 g/mol. The Morgan fingerprint density at radius 1 is 1.00 bits per heavy atom. The van der Waals surface area contributed by atoms with E-state index in [0.717, 1.165) is 39.2 Å². The molecule has 0 fully saturated rings. The summed E-state index contributed by atoms with van der Waals surface area (Å²) in [5, 5.41) is 8.58. The Bertz CT molecular complexity index is 1500. The van der Waals surface area contributed by atoms with Gasteiger partial charge in [0.2, 0.25) is 0 Å². The molecule has 6 nitrogen and oxygen atoms in total. The molecule has 0 aliphatic carbocycles. The Kier molecular flexibility index (Phi) is 6.45. The van der Waals surface area contributed by atoms with Crippen molar-refractivity contribution in [3.8, 4) is 11.4 Å². The van der Waals surface area contributed by atoms with Gasteiger partial charge in [0.15, 0.2) is 0 Å². The van der Waals surface area contributed by atoms with Crippen molar-refractivity contribution in [1.29, 1.82) is 0 Å². The molecular formula is C24H15F3IrN6-2. The number of hydrogen-bond donors (Lipinski definition) is 0. The molecule has 34 heavy (non-hydrogen) atoms. The van der Waals surface area contributed by atoms with Crippen LogP contribution in [0.5, 0.6) is 0 Å². The quantitative estimate of drug-likeness (QED) is 0.182. The second-order valence-electron chi connectivity index (χ2n) is 7.23. The number of para-hydroxylation sites is 1. The Morgan fingerprint density at radius 3 is 2.53 bits per heavy atom. The summed E-state index contributed by atoms with van der Waals surface area (Å²) in [4.78, 5) is 12.9. The van der Waals surface area contributed by atoms with Gasteiger partial charge in [0.1, 0.15) is 5.69 Å². The Balaban J connectivity index is 0.000000159. The number of nitrogens with zero attached hydrogens (tertiary/aromatic N) is 6. The van der Waals surface area contributed by atoms with Crippen molar-refractivity contribution in [1.82, 2.24) is 29.5 Å². The van der Waals surface area contributed by atoms with Gasteiger partial charge in [0, 0.05) is 49.4 Å². The number of aromatic nitrogens is 6. The number of halogens is 3. The van der Waals surface area contributed by atoms with Crippen molar-refractivity contribution in [2.24, 2.45) is 0 Å². The SMILES string of the molecule is Cc1cn2c3ccccc3c3ncc[c-]c3c2n1.FC(F)(F)c1cc(-c2ccccn2)[n-]n1.[Ir]. The van der Waals surface area contributed by atoms with E-state index < -0.39 is 11.9 Å². The molecule has 0 aliphatic rings. The standard InChI is InChI=1S/C15H10N3.C9H5F3N3.Ir/c1-10-9-18-13-7-3-2-5-11(13)14-12(15(18)17-10)6-4-8-16-14;10-9(11,12)8-5-7(14-15-8)6-3-1-2-4-13-6;/h2-5,7-9H,1H3;1-5H;/q2*-1;. The minimum absolute atomic E-state index is 0. The summed E-state index contributed by atoms with van der Waals surface area (Å²) >= 11 is 0. The Morgan fingerprint density at radius 2 is 1.79 bits per heavy atom. The second kappa shape index (κ2) is 9.32. The number of rotatable bonds is 1. The molecule has 1 aromatic carbocycles. The molecule has 0 atom stereocenters. The number of pyridine rings is 3. The Hall–Kier alpha value is -3.62. The third-order valence-corrected chi connectivity index (χ3v) is 4.97. The average Bonchev–Trinajstić information content (AvgIpc) is 3.48. The largest absolute Gasteiger partial charge is 0.573 e. The van der Waals surface area contributed by atoms with Crippen molar-refractivity contribution in [2.45, 2.75) is 13.1 Å². The van der Waals surface area contributed by atoms with Crippen LogP contribution in [-0.4, -0.2) is 24.5 Å². The van der Waals surface area contributed by atoms with Crippen LogP contribution in [-0.2, 0) is 26.3 Å². The van der Waals surface area contributed by atoms with Gasteiger partial charge >= 0.3 is 6.18 Å². The van der Waals surface area contributed by atoms with Gasteiger partial charge in [-0.05, 0) is 42.1 Å². The van der Waals surface area contributed by atoms with Crippen LogP contribution >= 0.6 is 0 Å². The molecule has 6 rings (SSSR count). The number of alkyl halides is 3. The predicted molar refractivity (Wildman–Crippen MR) is 117 cm³/mol. The zero-order valence-electron chi connectivity index (χ0n) is 17.6. The van der Waals surface area contributed by atoms with Crippen molar-refractivity contribution in [3.05, 3.63) is 90.6 Å². The van der Waals surface area contributed by atoms with E-state index >= 15 is 0 Å². The van der Waals surface area contributed by atoms with Gasteiger partial charge in [-0.25, -0.2) is 0 Å². The molecule has 5 aromatic heterocycles. The van der Waals surface area contributed by atoms with Gasteiger partial charge in [0.25, 0.3) is 0 Å². The van der Waals surface area contributed by atoms with Crippen LogP contribution in [0.25, 0.3) is 38.8 Å². The number of benzene rings is 1. The smallest absolute Gasteiger partial charge is 0.431 e. The van der Waals surface area contributed by atoms with Crippen molar-refractivity contribution >= 4 is 27.5 Å². The van der Waals surface area contributed by atoms with Crippen LogP contribution in [0.3, 0.4) is 0 Å². The number of fused-ring (bicyclic) bond motifs is 6. The first-order chi connectivity index (χ1) is 15.9. The van der Waals surface area contributed by atoms with Crippen LogP contribution < -0.4 is 5.10 Å². The third-order valence-electron chi connectivity index (χ3n) is 4.97. The average molecular weight is 637 g/mol. The van der Waals surface area contributed by atoms with E-state index in [9.17, 15) is 13.2 Å². The van der Waals surface area contributed by atoms with Crippen molar-refractivity contribution in [3.63, 3.8) is 0 Å². The van der Waals surface area contributed by atoms with E-state index in [-0.39, 0.29) is 25.8 Å². The van der Waals surface area contributed by atoms with Gasteiger partial charge in [0.05, 0.1) is 5.65 Å². The fraction of sp³-hybridized carbons (Fsp3) is 0.0833. The first-order valence-corrected chi connectivity index (χ1v) is 9.93. The van der Waals surface area contributed by atoms with Crippen molar-refractivity contribution < 1.29 is 33.3 Å². The molecule has 0 aliphatic heterocycles. The van der Waals surface area contributed by atoms with Gasteiger partial charge in [-0.1, -0.05) is 41.5 Å². The fourth-order valence-electron chi connectivity index (χ4n) is 3.55. The summed E-state index contributed by atoms with van der Waals surface area (Å²) in [5.41, 5.74) is 3.53. The van der Waals surface area contributed by atoms with E-state index in [1.807, 2.05) is 25.1 Å². The number of aryl methyl sites for hydroxylation is 1. The molecule has 0 saturated carbocycles. The van der Waals surface area contributed by atoms with Crippen LogP contribution in [0.4, 0.5) is 13.2 Å². The maximum absolute atomic E-state index is 12.2. The predicted octanol–water partition coefficient (Wildman–Crippen LogP) is 5.26. The van der Waals surface area contributed by atoms with E-state index in [4.69, 9.17) is 0 Å². The summed E-state index contributed by atoms with van der Waals surface area (Å²) in [6, 6.07) is 19.1. The topological polar surface area (TPSA) is 70.1 Å². The second-order valence-corrected chi connectivity index (χ2v) is 7.23. The molecule has 6 aromatic rings. The van der Waals surface area contributed by atoms with E-state index in [0.29, 0.717) is 5.69 Å². The van der Waals surface area contributed by atoms with Gasteiger partial charge in [-0.15, -0.1) is 12.1 Å². The molecule has 0 amide bonds. The minimum atomic E-state index is -4.46. The molecule has 0 spiro atoms. The van der Waals surface area contributed by atoms with Gasteiger partial charge < -0.3 is 19.6 Å². The number of imidazole rings is 1. The van der Waals surface area contributed by atoms with Crippen LogP contribution in [0, 0.1) is 13.0 Å². The maximum atomic E-state index is 12.2. The molecule has 0 bridgehead atoms. The van der Waals surface area contributed by atoms with E-state index in [1.165, 1.54) is 6.20 Å². The molecule has 173 valence electrons. The molecular weight excluding hydrogens is 622 g/mol. The summed E-state index contributed by atoms with van der Waals surface area (Å²) in [6.07, 6.45) is 0.857. The van der Waals surface area contributed by atoms with Crippen LogP contribution in [0.2, 0.25) is 0 Å². The van der Waals surface area contributed by atoms with Crippen LogP contribution in [0.1, 0.15) is 11.4 Å². The first kappa shape index (κ1) is 23.5. The molecule has 1 radical (unpaired) electrons. The summed E-state index contributed by atoms with van der Waals surface area (Å²) in [5.74, 6) is 0. The molecule has 5 heterocycles. The molecule has 0 N–H and O–H groups in total. The van der Waals surface area contributed by atoms with E-state index in [2.05, 4.69) is 53.9 Å². The van der Waals surface area contributed by atoms with Gasteiger partial charge in [-0.3, -0.25) is 9.97 Å². The molecule has 10 heteroatoms. The fourth-order valence-corrected chi connectivity index (χ4v) is 3.55. The van der Waals surface area contributed by atoms with Crippen LogP contribution in [0.15, 0.2) is 73.2 Å².